The first-order valence-corrected chi connectivity index (χ1v) is 12.0. The number of carbonyl (C=O) groups is 1. The van der Waals surface area contributed by atoms with Crippen LogP contribution in [0.15, 0.2) is 59.9 Å². The molecule has 1 aliphatic rings. The van der Waals surface area contributed by atoms with E-state index < -0.39 is 0 Å². The van der Waals surface area contributed by atoms with Gasteiger partial charge in [0.2, 0.25) is 5.91 Å². The summed E-state index contributed by atoms with van der Waals surface area (Å²) in [6, 6.07) is 16.1. The topological polar surface area (TPSA) is 70.6 Å². The number of amides is 1. The summed E-state index contributed by atoms with van der Waals surface area (Å²) in [5, 5.41) is 3.80. The number of benzene rings is 2. The van der Waals surface area contributed by atoms with Gasteiger partial charge < -0.3 is 19.9 Å². The van der Waals surface area contributed by atoms with Crippen molar-refractivity contribution in [1.29, 1.82) is 0 Å². The Morgan fingerprint density at radius 1 is 1.03 bits per heavy atom. The fraction of sp³-hybridized carbons (Fsp3) is 0.320. The number of nitrogens with one attached hydrogen (secondary N) is 1. The zero-order valence-electron chi connectivity index (χ0n) is 19.2. The first-order valence-electron chi connectivity index (χ1n) is 11.0. The van der Waals surface area contributed by atoms with Crippen LogP contribution >= 0.6 is 11.8 Å². The lowest BCUT2D eigenvalue weighted by Crippen LogP contribution is -2.46. The third-order valence-corrected chi connectivity index (χ3v) is 6.82. The van der Waals surface area contributed by atoms with Crippen molar-refractivity contribution in [3.8, 4) is 5.75 Å². The highest BCUT2D eigenvalue weighted by atomic mass is 32.2. The van der Waals surface area contributed by atoms with Crippen molar-refractivity contribution < 1.29 is 9.53 Å². The summed E-state index contributed by atoms with van der Waals surface area (Å²) in [6.45, 7) is 7.64. The lowest BCUT2D eigenvalue weighted by molar-refractivity contribution is -0.113. The standard InChI is InChI=1S/C25H29N5O2S/c1-18-5-4-6-22(19(18)2)28-24(31)16-33-25-15-23(26-17-27-25)30-13-11-29(12-14-30)20-7-9-21(32-3)10-8-20/h4-10,15,17H,11-14,16H2,1-3H3,(H,28,31). The number of methoxy groups -OCH3 is 1. The number of piperazine rings is 1. The lowest BCUT2D eigenvalue weighted by atomic mass is 10.1. The molecular weight excluding hydrogens is 434 g/mol. The van der Waals surface area contributed by atoms with Crippen LogP contribution in [0.3, 0.4) is 0 Å². The van der Waals surface area contributed by atoms with Gasteiger partial charge in [0.05, 0.1) is 12.9 Å². The molecule has 1 aliphatic heterocycles. The highest BCUT2D eigenvalue weighted by molar-refractivity contribution is 7.99. The lowest BCUT2D eigenvalue weighted by Gasteiger charge is -2.36. The van der Waals surface area contributed by atoms with E-state index in [1.165, 1.54) is 17.4 Å². The third kappa shape index (κ3) is 5.76. The molecule has 172 valence electrons. The SMILES string of the molecule is COc1ccc(N2CCN(c3cc(SCC(=O)Nc4cccc(C)c4C)ncn3)CC2)cc1. The molecule has 0 saturated carbocycles. The van der Waals surface area contributed by atoms with Crippen molar-refractivity contribution in [2.24, 2.45) is 0 Å². The van der Waals surface area contributed by atoms with Gasteiger partial charge in [0.1, 0.15) is 22.9 Å². The van der Waals surface area contributed by atoms with Gasteiger partial charge in [-0.2, -0.15) is 0 Å². The monoisotopic (exact) mass is 463 g/mol. The number of nitrogens with zero attached hydrogens (tertiary/aromatic N) is 4. The number of aromatic nitrogens is 2. The van der Waals surface area contributed by atoms with Crippen molar-refractivity contribution in [2.75, 3.05) is 54.2 Å². The predicted molar refractivity (Wildman–Crippen MR) is 135 cm³/mol. The van der Waals surface area contributed by atoms with Crippen LogP contribution in [0.1, 0.15) is 11.1 Å². The molecule has 33 heavy (non-hydrogen) atoms. The summed E-state index contributed by atoms with van der Waals surface area (Å²) in [5.74, 6) is 2.03. The summed E-state index contributed by atoms with van der Waals surface area (Å²) in [6.07, 6.45) is 1.58. The average molecular weight is 464 g/mol. The third-order valence-electron chi connectivity index (χ3n) is 5.90. The Bertz CT molecular complexity index is 1100. The second-order valence-electron chi connectivity index (χ2n) is 7.97. The van der Waals surface area contributed by atoms with Gasteiger partial charge in [0.25, 0.3) is 0 Å². The van der Waals surface area contributed by atoms with Gasteiger partial charge in [-0.05, 0) is 55.3 Å². The van der Waals surface area contributed by atoms with E-state index >= 15 is 0 Å². The van der Waals surface area contributed by atoms with E-state index in [-0.39, 0.29) is 5.91 Å². The number of hydrogen-bond acceptors (Lipinski definition) is 7. The Morgan fingerprint density at radius 2 is 1.76 bits per heavy atom. The van der Waals surface area contributed by atoms with Crippen LogP contribution < -0.4 is 19.9 Å². The fourth-order valence-electron chi connectivity index (χ4n) is 3.78. The van der Waals surface area contributed by atoms with Crippen LogP contribution in [0.5, 0.6) is 5.75 Å². The van der Waals surface area contributed by atoms with Crippen molar-refractivity contribution in [1.82, 2.24) is 9.97 Å². The zero-order valence-corrected chi connectivity index (χ0v) is 20.1. The second-order valence-corrected chi connectivity index (χ2v) is 8.97. The number of hydrogen-bond donors (Lipinski definition) is 1. The van der Waals surface area contributed by atoms with Crippen LogP contribution in [-0.2, 0) is 4.79 Å². The van der Waals surface area contributed by atoms with Gasteiger partial charge in [-0.3, -0.25) is 4.79 Å². The number of ether oxygens (including phenoxy) is 1. The maximum absolute atomic E-state index is 12.4. The van der Waals surface area contributed by atoms with Crippen molar-refractivity contribution >= 4 is 34.9 Å². The van der Waals surface area contributed by atoms with Crippen LogP contribution in [0, 0.1) is 13.8 Å². The van der Waals surface area contributed by atoms with Crippen LogP contribution in [0.25, 0.3) is 0 Å². The minimum Gasteiger partial charge on any atom is -0.497 e. The van der Waals surface area contributed by atoms with Crippen LogP contribution in [0.4, 0.5) is 17.2 Å². The van der Waals surface area contributed by atoms with Crippen molar-refractivity contribution in [3.63, 3.8) is 0 Å². The van der Waals surface area contributed by atoms with Crippen molar-refractivity contribution in [3.05, 3.63) is 66.0 Å². The first-order chi connectivity index (χ1) is 16.0. The molecule has 1 fully saturated rings. The average Bonchev–Trinajstić information content (AvgIpc) is 2.86. The molecule has 2 aromatic carbocycles. The fourth-order valence-corrected chi connectivity index (χ4v) is 4.44. The predicted octanol–water partition coefficient (Wildman–Crippen LogP) is 4.16. The molecule has 1 N–H and O–H groups in total. The molecule has 0 unspecified atom stereocenters. The van der Waals surface area contributed by atoms with E-state index in [2.05, 4.69) is 37.2 Å². The van der Waals surface area contributed by atoms with E-state index in [0.29, 0.717) is 5.75 Å². The summed E-state index contributed by atoms with van der Waals surface area (Å²) in [7, 11) is 1.68. The first kappa shape index (κ1) is 22.9. The van der Waals surface area contributed by atoms with E-state index in [1.54, 1.807) is 13.4 Å². The molecule has 7 nitrogen and oxygen atoms in total. The molecular formula is C25H29N5O2S. The van der Waals surface area contributed by atoms with E-state index in [0.717, 1.165) is 59.6 Å². The molecule has 0 spiro atoms. The largest absolute Gasteiger partial charge is 0.497 e. The zero-order chi connectivity index (χ0) is 23.2. The molecule has 1 amide bonds. The van der Waals surface area contributed by atoms with Gasteiger partial charge in [-0.15, -0.1) is 0 Å². The molecule has 0 bridgehead atoms. The Balaban J connectivity index is 1.30. The normalized spacial score (nSPS) is 13.7. The van der Waals surface area contributed by atoms with Gasteiger partial charge in [-0.1, -0.05) is 23.9 Å². The smallest absolute Gasteiger partial charge is 0.234 e. The molecule has 1 saturated heterocycles. The molecule has 3 aromatic rings. The summed E-state index contributed by atoms with van der Waals surface area (Å²) >= 11 is 1.42. The van der Waals surface area contributed by atoms with Gasteiger partial charge in [0, 0.05) is 43.6 Å². The van der Waals surface area contributed by atoms with E-state index in [1.807, 2.05) is 50.2 Å². The Kier molecular flexibility index (Phi) is 7.34. The molecule has 0 atom stereocenters. The molecule has 2 heterocycles. The van der Waals surface area contributed by atoms with Crippen LogP contribution in [-0.4, -0.2) is 54.9 Å². The van der Waals surface area contributed by atoms with E-state index in [4.69, 9.17) is 4.74 Å². The summed E-state index contributed by atoms with van der Waals surface area (Å²) in [4.78, 5) is 25.9. The molecule has 0 aliphatic carbocycles. The number of thioether (sulfide) groups is 1. The number of carbonyl (C=O) groups excluding carboxylic acids is 1. The Morgan fingerprint density at radius 3 is 2.48 bits per heavy atom. The maximum Gasteiger partial charge on any atom is 0.234 e. The van der Waals surface area contributed by atoms with Gasteiger partial charge in [-0.25, -0.2) is 9.97 Å². The minimum absolute atomic E-state index is 0.0398. The Hall–Kier alpha value is -3.26. The highest BCUT2D eigenvalue weighted by Gasteiger charge is 2.19. The number of anilines is 3. The maximum atomic E-state index is 12.4. The van der Waals surface area contributed by atoms with Crippen molar-refractivity contribution in [2.45, 2.75) is 18.9 Å². The number of rotatable bonds is 7. The molecule has 4 rings (SSSR count). The molecule has 1 aromatic heterocycles. The number of aryl methyl sites for hydroxylation is 1. The van der Waals surface area contributed by atoms with E-state index in [9.17, 15) is 4.79 Å². The highest BCUT2D eigenvalue weighted by Crippen LogP contribution is 2.24. The van der Waals surface area contributed by atoms with Crippen LogP contribution in [0.2, 0.25) is 0 Å². The van der Waals surface area contributed by atoms with Gasteiger partial charge >= 0.3 is 0 Å². The molecule has 0 radical (unpaired) electrons. The molecule has 8 heteroatoms. The Labute approximate surface area is 199 Å². The van der Waals surface area contributed by atoms with Gasteiger partial charge in [0.15, 0.2) is 0 Å². The summed E-state index contributed by atoms with van der Waals surface area (Å²) in [5.41, 5.74) is 4.31. The second kappa shape index (κ2) is 10.6. The minimum atomic E-state index is -0.0398. The quantitative estimate of drug-likeness (QED) is 0.417. The summed E-state index contributed by atoms with van der Waals surface area (Å²) < 4.78 is 5.25.